The molecule has 0 spiro atoms. The molecule has 0 aliphatic rings. The van der Waals surface area contributed by atoms with E-state index in [0.717, 1.165) is 19.3 Å². The van der Waals surface area contributed by atoms with E-state index < -0.39 is 40.5 Å². The van der Waals surface area contributed by atoms with Crippen LogP contribution < -0.4 is 0 Å². The maximum absolute atomic E-state index is 12.6. The molecule has 0 rings (SSSR count). The van der Waals surface area contributed by atoms with Gasteiger partial charge in [0, 0.05) is 19.3 Å². The Hall–Kier alpha value is -1.89. The van der Waals surface area contributed by atoms with E-state index in [0.29, 0.717) is 25.7 Å². The minimum atomic E-state index is -1.09. The maximum atomic E-state index is 12.6. The van der Waals surface area contributed by atoms with Crippen molar-refractivity contribution in [2.75, 3.05) is 6.54 Å². The Kier molecular flexibility index (Phi) is 26.2. The Morgan fingerprint density at radius 2 is 0.750 bits per heavy atom. The summed E-state index contributed by atoms with van der Waals surface area (Å²) in [6, 6.07) is -3.18. The third-order valence-corrected chi connectivity index (χ3v) is 9.34. The molecule has 0 aromatic heterocycles. The molecule has 258 valence electrons. The zero-order valence-corrected chi connectivity index (χ0v) is 29.1. The number of carboxylic acids is 3. The molecule has 0 radical (unpaired) electrons. The van der Waals surface area contributed by atoms with Gasteiger partial charge < -0.3 is 15.3 Å². The topological polar surface area (TPSA) is 112 Å². The first-order chi connectivity index (χ1) is 21.2. The minimum absolute atomic E-state index is 0.248. The van der Waals surface area contributed by atoms with Crippen LogP contribution in [0, 0.1) is 0 Å². The van der Waals surface area contributed by atoms with Gasteiger partial charge in [-0.1, -0.05) is 123 Å². The first kappa shape index (κ1) is 42.1. The third-order valence-electron chi connectivity index (χ3n) is 9.34. The minimum Gasteiger partial charge on any atom is -0.477 e. The standard InChI is InChI=1S/C37H69NO6/c1-5-9-10-11-12-13-14-15-16-17-18-19-20-21-22-23-24-25-26-27-31-38(32(28-6-2)35(39)40,33(29-7-3)36(41)42)34(30-8-4)37(43)44/h23-24,32-34H,5-22,25-31H2,1-4H3,(H2-,39,40,41,42,43,44)/p+1/b24-23+. The fraction of sp³-hybridized carbons (Fsp3) is 0.865. The number of nitrogens with zero attached hydrogens (tertiary/aromatic N) is 1. The second kappa shape index (κ2) is 27.4. The third kappa shape index (κ3) is 17.0. The first-order valence-corrected chi connectivity index (χ1v) is 18.4. The van der Waals surface area contributed by atoms with Crippen LogP contribution in [0.3, 0.4) is 0 Å². The van der Waals surface area contributed by atoms with Gasteiger partial charge in [0.2, 0.25) is 0 Å². The van der Waals surface area contributed by atoms with Gasteiger partial charge in [0.05, 0.1) is 6.54 Å². The van der Waals surface area contributed by atoms with Crippen molar-refractivity contribution in [1.82, 2.24) is 0 Å². The van der Waals surface area contributed by atoms with Gasteiger partial charge in [-0.05, 0) is 51.4 Å². The van der Waals surface area contributed by atoms with Gasteiger partial charge in [0.1, 0.15) is 0 Å². The van der Waals surface area contributed by atoms with Crippen molar-refractivity contribution in [1.29, 1.82) is 0 Å². The predicted octanol–water partition coefficient (Wildman–Crippen LogP) is 10.2. The average molecular weight is 625 g/mol. The number of unbranched alkanes of at least 4 members (excludes halogenated alkanes) is 16. The number of carboxylic acid groups (broad SMARTS) is 3. The van der Waals surface area contributed by atoms with E-state index in [-0.39, 0.29) is 25.8 Å². The summed E-state index contributed by atoms with van der Waals surface area (Å²) in [6.45, 7) is 8.14. The van der Waals surface area contributed by atoms with Gasteiger partial charge in [0.15, 0.2) is 18.1 Å². The lowest BCUT2D eigenvalue weighted by molar-refractivity contribution is -0.973. The lowest BCUT2D eigenvalue weighted by Gasteiger charge is -2.50. The molecule has 0 aliphatic carbocycles. The fourth-order valence-corrected chi connectivity index (χ4v) is 6.99. The molecule has 0 bridgehead atoms. The summed E-state index contributed by atoms with van der Waals surface area (Å²) in [5.41, 5.74) is 0. The number of carbonyl (C=O) groups is 3. The van der Waals surface area contributed by atoms with Gasteiger partial charge in [-0.3, -0.25) is 4.48 Å². The molecule has 0 aromatic carbocycles. The van der Waals surface area contributed by atoms with E-state index in [4.69, 9.17) is 0 Å². The Morgan fingerprint density at radius 1 is 0.455 bits per heavy atom. The fourth-order valence-electron chi connectivity index (χ4n) is 6.99. The van der Waals surface area contributed by atoms with Crippen molar-refractivity contribution in [3.05, 3.63) is 12.2 Å². The Balaban J connectivity index is 4.80. The average Bonchev–Trinajstić information content (AvgIpc) is 2.98. The van der Waals surface area contributed by atoms with E-state index in [1.807, 2.05) is 20.8 Å². The zero-order valence-electron chi connectivity index (χ0n) is 29.1. The lowest BCUT2D eigenvalue weighted by Crippen LogP contribution is -2.72. The molecule has 0 aromatic rings. The summed E-state index contributed by atoms with van der Waals surface area (Å²) >= 11 is 0. The van der Waals surface area contributed by atoms with Crippen LogP contribution in [0.2, 0.25) is 0 Å². The normalized spacial score (nSPS) is 15.2. The van der Waals surface area contributed by atoms with Crippen molar-refractivity contribution >= 4 is 17.9 Å². The number of rotatable bonds is 32. The number of hydrogen-bond acceptors (Lipinski definition) is 3. The Bertz CT molecular complexity index is 707. The molecule has 0 amide bonds. The predicted molar refractivity (Wildman–Crippen MR) is 182 cm³/mol. The molecule has 3 atom stereocenters. The first-order valence-electron chi connectivity index (χ1n) is 18.4. The van der Waals surface area contributed by atoms with E-state index >= 15 is 0 Å². The SMILES string of the molecule is CCCCCCCCCCCCCCCC/C=C/CCCC[N+](C(CCC)C(=O)O)(C(CCC)C(=O)O)C(CCC)C(=O)O. The molecular formula is C37H70NO6+. The number of quaternary nitrogens is 1. The number of hydrogen-bond donors (Lipinski definition) is 3. The molecule has 7 nitrogen and oxygen atoms in total. The quantitative estimate of drug-likeness (QED) is 0.0390. The number of aliphatic carboxylic acids is 3. The highest BCUT2D eigenvalue weighted by Gasteiger charge is 2.56. The van der Waals surface area contributed by atoms with Crippen LogP contribution in [-0.4, -0.2) is 62.4 Å². The van der Waals surface area contributed by atoms with Gasteiger partial charge in [-0.25, -0.2) is 14.4 Å². The van der Waals surface area contributed by atoms with E-state index in [9.17, 15) is 29.7 Å². The zero-order chi connectivity index (χ0) is 33.1. The monoisotopic (exact) mass is 625 g/mol. The van der Waals surface area contributed by atoms with Crippen LogP contribution >= 0.6 is 0 Å². The molecule has 0 saturated heterocycles. The molecule has 0 saturated carbocycles. The second-order valence-electron chi connectivity index (χ2n) is 13.0. The van der Waals surface area contributed by atoms with Gasteiger partial charge >= 0.3 is 17.9 Å². The summed E-state index contributed by atoms with van der Waals surface area (Å²) in [4.78, 5) is 37.8. The van der Waals surface area contributed by atoms with Gasteiger partial charge in [-0.2, -0.15) is 0 Å². The summed E-state index contributed by atoms with van der Waals surface area (Å²) < 4.78 is -0.391. The molecule has 3 unspecified atom stereocenters. The Morgan fingerprint density at radius 3 is 1.05 bits per heavy atom. The molecular weight excluding hydrogens is 554 g/mol. The van der Waals surface area contributed by atoms with Crippen LogP contribution in [0.25, 0.3) is 0 Å². The van der Waals surface area contributed by atoms with E-state index in [1.165, 1.54) is 89.9 Å². The van der Waals surface area contributed by atoms with Crippen molar-refractivity contribution < 1.29 is 34.2 Å². The smallest absolute Gasteiger partial charge is 0.362 e. The summed E-state index contributed by atoms with van der Waals surface area (Å²) in [5, 5.41) is 30.9. The highest BCUT2D eigenvalue weighted by atomic mass is 16.4. The Labute approximate surface area is 270 Å². The molecule has 0 fully saturated rings. The van der Waals surface area contributed by atoms with Crippen LogP contribution in [0.4, 0.5) is 0 Å². The van der Waals surface area contributed by atoms with E-state index in [1.54, 1.807) is 0 Å². The van der Waals surface area contributed by atoms with Crippen molar-refractivity contribution in [2.24, 2.45) is 0 Å². The highest BCUT2D eigenvalue weighted by molar-refractivity contribution is 5.78. The van der Waals surface area contributed by atoms with Crippen LogP contribution in [-0.2, 0) is 14.4 Å². The van der Waals surface area contributed by atoms with Crippen molar-refractivity contribution in [3.63, 3.8) is 0 Å². The molecule has 3 N–H and O–H groups in total. The van der Waals surface area contributed by atoms with Crippen LogP contribution in [0.5, 0.6) is 0 Å². The summed E-state index contributed by atoms with van der Waals surface area (Å²) in [7, 11) is 0. The maximum Gasteiger partial charge on any atom is 0.362 e. The highest BCUT2D eigenvalue weighted by Crippen LogP contribution is 2.34. The lowest BCUT2D eigenvalue weighted by atomic mass is 9.91. The summed E-state index contributed by atoms with van der Waals surface area (Å²) in [6.07, 6.45) is 29.1. The van der Waals surface area contributed by atoms with Crippen LogP contribution in [0.15, 0.2) is 12.2 Å². The molecule has 44 heavy (non-hydrogen) atoms. The molecule has 0 aliphatic heterocycles. The van der Waals surface area contributed by atoms with Gasteiger partial charge in [-0.15, -0.1) is 0 Å². The summed E-state index contributed by atoms with van der Waals surface area (Å²) in [5.74, 6) is -3.28. The van der Waals surface area contributed by atoms with E-state index in [2.05, 4.69) is 19.1 Å². The van der Waals surface area contributed by atoms with Crippen molar-refractivity contribution in [3.8, 4) is 0 Å². The molecule has 0 heterocycles. The van der Waals surface area contributed by atoms with Crippen molar-refractivity contribution in [2.45, 2.75) is 200 Å². The number of allylic oxidation sites excluding steroid dienone is 2. The molecule has 7 heteroatoms. The van der Waals surface area contributed by atoms with Gasteiger partial charge in [0.25, 0.3) is 0 Å². The van der Waals surface area contributed by atoms with Crippen LogP contribution in [0.1, 0.15) is 182 Å². The largest absolute Gasteiger partial charge is 0.477 e. The second-order valence-corrected chi connectivity index (χ2v) is 13.0.